The largest absolute Gasteiger partial charge is 0.478 e. The number of rotatable bonds is 3. The smallest absolute Gasteiger partial charge is 0.331 e. The van der Waals surface area contributed by atoms with E-state index in [0.717, 1.165) is 5.52 Å². The van der Waals surface area contributed by atoms with Crippen LogP contribution in [0.3, 0.4) is 0 Å². The molecule has 0 saturated carbocycles. The first-order chi connectivity index (χ1) is 9.49. The maximum Gasteiger partial charge on any atom is 0.331 e. The molecule has 0 aliphatic heterocycles. The van der Waals surface area contributed by atoms with Gasteiger partial charge < -0.3 is 10.4 Å². The van der Waals surface area contributed by atoms with Crippen molar-refractivity contribution in [3.05, 3.63) is 41.7 Å². The van der Waals surface area contributed by atoms with Crippen molar-refractivity contribution in [2.24, 2.45) is 0 Å². The van der Waals surface area contributed by atoms with Gasteiger partial charge >= 0.3 is 5.97 Å². The molecule has 2 aromatic rings. The number of hydrogen-bond donors (Lipinski definition) is 2. The Morgan fingerprint density at radius 3 is 2.35 bits per heavy atom. The molecular formula is C14H13N3O3. The van der Waals surface area contributed by atoms with Crippen molar-refractivity contribution in [1.29, 1.82) is 0 Å². The van der Waals surface area contributed by atoms with Gasteiger partial charge in [0.2, 0.25) is 0 Å². The molecule has 0 unspecified atom stereocenters. The topological polar surface area (TPSA) is 92.2 Å². The number of carbonyl (C=O) groups is 2. The van der Waals surface area contributed by atoms with Crippen LogP contribution in [-0.4, -0.2) is 27.0 Å². The van der Waals surface area contributed by atoms with E-state index in [9.17, 15) is 9.59 Å². The molecule has 0 fully saturated rings. The van der Waals surface area contributed by atoms with Crippen LogP contribution in [0.5, 0.6) is 0 Å². The number of carbonyl (C=O) groups excluding carboxylic acids is 1. The molecule has 1 aromatic heterocycles. The second-order valence-corrected chi connectivity index (χ2v) is 4.27. The molecule has 0 aliphatic carbocycles. The van der Waals surface area contributed by atoms with E-state index in [2.05, 4.69) is 15.3 Å². The fraction of sp³-hybridized carbons (Fsp3) is 0.143. The van der Waals surface area contributed by atoms with Crippen LogP contribution in [-0.2, 0) is 9.59 Å². The summed E-state index contributed by atoms with van der Waals surface area (Å²) in [4.78, 5) is 31.0. The van der Waals surface area contributed by atoms with E-state index in [1.165, 1.54) is 13.8 Å². The van der Waals surface area contributed by atoms with Crippen LogP contribution in [0.2, 0.25) is 0 Å². The van der Waals surface area contributed by atoms with Gasteiger partial charge in [-0.25, -0.2) is 4.79 Å². The highest BCUT2D eigenvalue weighted by atomic mass is 16.4. The van der Waals surface area contributed by atoms with Crippen molar-refractivity contribution in [3.63, 3.8) is 0 Å². The molecule has 6 nitrogen and oxygen atoms in total. The zero-order chi connectivity index (χ0) is 14.7. The van der Waals surface area contributed by atoms with Crippen LogP contribution in [0.1, 0.15) is 13.8 Å². The van der Waals surface area contributed by atoms with Gasteiger partial charge in [-0.2, -0.15) is 0 Å². The zero-order valence-electron chi connectivity index (χ0n) is 11.0. The van der Waals surface area contributed by atoms with Crippen LogP contribution in [0.4, 0.5) is 5.69 Å². The molecule has 6 heteroatoms. The average Bonchev–Trinajstić information content (AvgIpc) is 2.45. The molecule has 102 valence electrons. The molecule has 1 amide bonds. The third-order valence-corrected chi connectivity index (χ3v) is 2.95. The van der Waals surface area contributed by atoms with E-state index in [4.69, 9.17) is 5.11 Å². The molecule has 0 spiro atoms. The van der Waals surface area contributed by atoms with Crippen molar-refractivity contribution in [2.45, 2.75) is 13.8 Å². The summed E-state index contributed by atoms with van der Waals surface area (Å²) in [6.07, 6.45) is 3.15. The number of anilines is 1. The zero-order valence-corrected chi connectivity index (χ0v) is 11.0. The third kappa shape index (κ3) is 2.80. The fourth-order valence-corrected chi connectivity index (χ4v) is 1.60. The number of amides is 1. The SMILES string of the molecule is CC(C(=O)O)=C(C)C(=O)Nc1ccc2nccnc2c1. The maximum absolute atomic E-state index is 11.9. The summed E-state index contributed by atoms with van der Waals surface area (Å²) in [5.41, 5.74) is 2.10. The lowest BCUT2D eigenvalue weighted by molar-refractivity contribution is -0.133. The predicted molar refractivity (Wildman–Crippen MR) is 74.2 cm³/mol. The summed E-state index contributed by atoms with van der Waals surface area (Å²) in [5.74, 6) is -1.56. The van der Waals surface area contributed by atoms with E-state index in [0.29, 0.717) is 11.2 Å². The Kier molecular flexibility index (Phi) is 3.74. The van der Waals surface area contributed by atoms with Crippen molar-refractivity contribution < 1.29 is 14.7 Å². The number of nitrogens with zero attached hydrogens (tertiary/aromatic N) is 2. The van der Waals surface area contributed by atoms with Crippen LogP contribution in [0.15, 0.2) is 41.7 Å². The quantitative estimate of drug-likeness (QED) is 0.833. The molecule has 2 N–H and O–H groups in total. The molecule has 2 rings (SSSR count). The number of aliphatic carboxylic acids is 1. The lowest BCUT2D eigenvalue weighted by atomic mass is 10.1. The van der Waals surface area contributed by atoms with Crippen molar-refractivity contribution in [1.82, 2.24) is 9.97 Å². The minimum Gasteiger partial charge on any atom is -0.478 e. The molecule has 0 radical (unpaired) electrons. The molecule has 0 atom stereocenters. The van der Waals surface area contributed by atoms with Gasteiger partial charge in [-0.05, 0) is 32.0 Å². The van der Waals surface area contributed by atoms with E-state index < -0.39 is 11.9 Å². The molecule has 1 heterocycles. The van der Waals surface area contributed by atoms with Gasteiger partial charge in [0.25, 0.3) is 5.91 Å². The third-order valence-electron chi connectivity index (χ3n) is 2.95. The number of carboxylic acids is 1. The van der Waals surface area contributed by atoms with Crippen molar-refractivity contribution in [2.75, 3.05) is 5.32 Å². The minimum absolute atomic E-state index is 0.0167. The van der Waals surface area contributed by atoms with E-state index >= 15 is 0 Å². The highest BCUT2D eigenvalue weighted by molar-refractivity contribution is 6.08. The summed E-state index contributed by atoms with van der Waals surface area (Å²) < 4.78 is 0. The van der Waals surface area contributed by atoms with Crippen LogP contribution < -0.4 is 5.32 Å². The molecule has 20 heavy (non-hydrogen) atoms. The molecule has 0 saturated heterocycles. The van der Waals surface area contributed by atoms with Crippen molar-refractivity contribution in [3.8, 4) is 0 Å². The second-order valence-electron chi connectivity index (χ2n) is 4.27. The number of carboxylic acid groups (broad SMARTS) is 1. The lowest BCUT2D eigenvalue weighted by Gasteiger charge is -2.07. The molecule has 0 bridgehead atoms. The van der Waals surface area contributed by atoms with E-state index in [1.54, 1.807) is 30.6 Å². The Morgan fingerprint density at radius 2 is 1.70 bits per heavy atom. The highest BCUT2D eigenvalue weighted by Gasteiger charge is 2.13. The summed E-state index contributed by atoms with van der Waals surface area (Å²) in [6.45, 7) is 2.86. The maximum atomic E-state index is 11.9. The van der Waals surface area contributed by atoms with Crippen LogP contribution in [0, 0.1) is 0 Å². The number of aromatic nitrogens is 2. The first kappa shape index (κ1) is 13.7. The van der Waals surface area contributed by atoms with Gasteiger partial charge in [-0.3, -0.25) is 14.8 Å². The number of fused-ring (bicyclic) bond motifs is 1. The summed E-state index contributed by atoms with van der Waals surface area (Å²) in [7, 11) is 0. The van der Waals surface area contributed by atoms with Crippen LogP contribution in [0.25, 0.3) is 11.0 Å². The number of benzene rings is 1. The first-order valence-corrected chi connectivity index (χ1v) is 5.92. The van der Waals surface area contributed by atoms with Gasteiger partial charge in [0, 0.05) is 29.2 Å². The second kappa shape index (κ2) is 5.48. The highest BCUT2D eigenvalue weighted by Crippen LogP contribution is 2.16. The monoisotopic (exact) mass is 271 g/mol. The van der Waals surface area contributed by atoms with Crippen LogP contribution >= 0.6 is 0 Å². The normalized spacial score (nSPS) is 11.9. The number of nitrogens with one attached hydrogen (secondary N) is 1. The summed E-state index contributed by atoms with van der Waals surface area (Å²) in [6, 6.07) is 5.11. The van der Waals surface area contributed by atoms with Gasteiger partial charge in [0.1, 0.15) is 0 Å². The van der Waals surface area contributed by atoms with Gasteiger partial charge in [-0.1, -0.05) is 0 Å². The van der Waals surface area contributed by atoms with E-state index in [-0.39, 0.29) is 11.1 Å². The number of hydrogen-bond acceptors (Lipinski definition) is 4. The Labute approximate surface area is 115 Å². The van der Waals surface area contributed by atoms with Crippen molar-refractivity contribution >= 4 is 28.6 Å². The molecule has 1 aromatic carbocycles. The van der Waals surface area contributed by atoms with Gasteiger partial charge in [-0.15, -0.1) is 0 Å². The Bertz CT molecular complexity index is 722. The molecular weight excluding hydrogens is 258 g/mol. The fourth-order valence-electron chi connectivity index (χ4n) is 1.60. The van der Waals surface area contributed by atoms with Gasteiger partial charge in [0.05, 0.1) is 11.0 Å². The minimum atomic E-state index is -1.11. The predicted octanol–water partition coefficient (Wildman–Crippen LogP) is 1.99. The molecule has 0 aliphatic rings. The Hall–Kier alpha value is -2.76. The standard InChI is InChI=1S/C14H13N3O3/c1-8(9(2)14(19)20)13(18)17-10-3-4-11-12(7-10)16-6-5-15-11/h3-7H,1-2H3,(H,17,18)(H,19,20). The first-order valence-electron chi connectivity index (χ1n) is 5.92. The van der Waals surface area contributed by atoms with E-state index in [1.807, 2.05) is 0 Å². The lowest BCUT2D eigenvalue weighted by Crippen LogP contribution is -2.16. The Balaban J connectivity index is 2.26. The average molecular weight is 271 g/mol. The summed E-state index contributed by atoms with van der Waals surface area (Å²) >= 11 is 0. The van der Waals surface area contributed by atoms with Gasteiger partial charge in [0.15, 0.2) is 0 Å². The summed E-state index contributed by atoms with van der Waals surface area (Å²) in [5, 5.41) is 11.5. The Morgan fingerprint density at radius 1 is 1.05 bits per heavy atom.